The molecule has 1 aliphatic carbocycles. The van der Waals surface area contributed by atoms with Crippen LogP contribution in [-0.4, -0.2) is 23.2 Å². The molecule has 0 aromatic heterocycles. The van der Waals surface area contributed by atoms with Crippen LogP contribution in [0.3, 0.4) is 0 Å². The van der Waals surface area contributed by atoms with Gasteiger partial charge in [-0.2, -0.15) is 0 Å². The number of hydrogen-bond donors (Lipinski definition) is 2. The highest BCUT2D eigenvalue weighted by Crippen LogP contribution is 2.25. The van der Waals surface area contributed by atoms with E-state index in [-0.39, 0.29) is 5.92 Å². The van der Waals surface area contributed by atoms with Crippen LogP contribution >= 0.6 is 0 Å². The average molecular weight is 213 g/mol. The Balaban J connectivity index is 2.28. The van der Waals surface area contributed by atoms with E-state index in [1.54, 1.807) is 0 Å². The first kappa shape index (κ1) is 12.5. The van der Waals surface area contributed by atoms with Crippen molar-refractivity contribution in [3.05, 3.63) is 0 Å². The van der Waals surface area contributed by atoms with Gasteiger partial charge in [-0.1, -0.05) is 13.8 Å². The third-order valence-electron chi connectivity index (χ3n) is 3.58. The second kappa shape index (κ2) is 5.50. The first-order valence-corrected chi connectivity index (χ1v) is 5.99. The van der Waals surface area contributed by atoms with Crippen molar-refractivity contribution in [1.82, 2.24) is 5.32 Å². The van der Waals surface area contributed by atoms with Gasteiger partial charge in [0.25, 0.3) is 0 Å². The van der Waals surface area contributed by atoms with Crippen LogP contribution < -0.4 is 5.32 Å². The maximum atomic E-state index is 10.8. The van der Waals surface area contributed by atoms with Crippen molar-refractivity contribution >= 4 is 5.97 Å². The zero-order valence-corrected chi connectivity index (χ0v) is 9.99. The second-order valence-corrected chi connectivity index (χ2v) is 5.09. The van der Waals surface area contributed by atoms with Gasteiger partial charge in [0.1, 0.15) is 0 Å². The van der Waals surface area contributed by atoms with E-state index in [0.29, 0.717) is 18.0 Å². The summed E-state index contributed by atoms with van der Waals surface area (Å²) in [6, 6.07) is 1.05. The molecule has 0 aromatic rings. The van der Waals surface area contributed by atoms with Crippen LogP contribution in [0.2, 0.25) is 0 Å². The Bertz CT molecular complexity index is 208. The highest BCUT2D eigenvalue weighted by atomic mass is 16.4. The summed E-state index contributed by atoms with van der Waals surface area (Å²) in [7, 11) is 0. The molecule has 3 heteroatoms. The summed E-state index contributed by atoms with van der Waals surface area (Å²) in [6.45, 7) is 6.62. The minimum Gasteiger partial charge on any atom is -0.481 e. The van der Waals surface area contributed by atoms with Crippen molar-refractivity contribution in [3.8, 4) is 0 Å². The average Bonchev–Trinajstić information content (AvgIpc) is 2.18. The van der Waals surface area contributed by atoms with Gasteiger partial charge >= 0.3 is 5.97 Å². The molecule has 15 heavy (non-hydrogen) atoms. The fourth-order valence-corrected chi connectivity index (χ4v) is 2.07. The van der Waals surface area contributed by atoms with Crippen LogP contribution in [0.5, 0.6) is 0 Å². The molecule has 1 saturated carbocycles. The summed E-state index contributed by atoms with van der Waals surface area (Å²) in [5.41, 5.74) is 0. The number of aliphatic carboxylic acids is 1. The van der Waals surface area contributed by atoms with Gasteiger partial charge in [0.05, 0.1) is 5.92 Å². The molecule has 1 fully saturated rings. The molecular formula is C12H23NO2. The Morgan fingerprint density at radius 1 is 1.20 bits per heavy atom. The number of carboxylic acid groups (broad SMARTS) is 1. The van der Waals surface area contributed by atoms with Crippen LogP contribution in [-0.2, 0) is 4.79 Å². The number of rotatable bonds is 4. The molecule has 0 spiro atoms. The highest BCUT2D eigenvalue weighted by Gasteiger charge is 2.26. The van der Waals surface area contributed by atoms with Crippen LogP contribution in [0.15, 0.2) is 0 Å². The molecule has 0 heterocycles. The van der Waals surface area contributed by atoms with Gasteiger partial charge < -0.3 is 10.4 Å². The van der Waals surface area contributed by atoms with E-state index in [1.807, 2.05) is 0 Å². The van der Waals surface area contributed by atoms with Crippen molar-refractivity contribution in [2.45, 2.75) is 58.5 Å². The summed E-state index contributed by atoms with van der Waals surface area (Å²) in [6.07, 6.45) is 3.68. The van der Waals surface area contributed by atoms with Gasteiger partial charge in [-0.05, 0) is 38.5 Å². The highest BCUT2D eigenvalue weighted by molar-refractivity contribution is 5.70. The predicted molar refractivity (Wildman–Crippen MR) is 60.8 cm³/mol. The fraction of sp³-hybridized carbons (Fsp3) is 0.917. The van der Waals surface area contributed by atoms with Gasteiger partial charge in [-0.3, -0.25) is 4.79 Å². The molecule has 2 N–H and O–H groups in total. The molecule has 0 radical (unpaired) electrons. The van der Waals surface area contributed by atoms with E-state index >= 15 is 0 Å². The lowest BCUT2D eigenvalue weighted by atomic mass is 9.85. The molecular weight excluding hydrogens is 190 g/mol. The molecule has 88 valence electrons. The number of carbonyl (C=O) groups is 1. The summed E-state index contributed by atoms with van der Waals surface area (Å²) in [5.74, 6) is -0.0787. The second-order valence-electron chi connectivity index (χ2n) is 5.09. The summed E-state index contributed by atoms with van der Waals surface area (Å²) in [4.78, 5) is 10.8. The molecule has 0 amide bonds. The standard InChI is InChI=1S/C12H23NO2/c1-8(2)9(3)13-11-6-4-10(5-7-11)12(14)15/h8-11,13H,4-7H2,1-3H3,(H,14,15). The van der Waals surface area contributed by atoms with E-state index in [1.165, 1.54) is 0 Å². The molecule has 0 aliphatic heterocycles. The van der Waals surface area contributed by atoms with E-state index in [4.69, 9.17) is 5.11 Å². The van der Waals surface area contributed by atoms with Crippen molar-refractivity contribution < 1.29 is 9.90 Å². The zero-order chi connectivity index (χ0) is 11.4. The van der Waals surface area contributed by atoms with Crippen LogP contribution in [0, 0.1) is 11.8 Å². The van der Waals surface area contributed by atoms with Crippen molar-refractivity contribution in [1.29, 1.82) is 0 Å². The third kappa shape index (κ3) is 3.82. The Morgan fingerprint density at radius 3 is 2.13 bits per heavy atom. The maximum absolute atomic E-state index is 10.8. The van der Waals surface area contributed by atoms with Crippen molar-refractivity contribution in [3.63, 3.8) is 0 Å². The Labute approximate surface area is 92.3 Å². The lowest BCUT2D eigenvalue weighted by Crippen LogP contribution is -2.42. The lowest BCUT2D eigenvalue weighted by molar-refractivity contribution is -0.142. The summed E-state index contributed by atoms with van der Waals surface area (Å²) in [5, 5.41) is 12.5. The van der Waals surface area contributed by atoms with Crippen LogP contribution in [0.4, 0.5) is 0 Å². The van der Waals surface area contributed by atoms with Gasteiger partial charge in [-0.25, -0.2) is 0 Å². The Morgan fingerprint density at radius 2 is 1.73 bits per heavy atom. The largest absolute Gasteiger partial charge is 0.481 e. The summed E-state index contributed by atoms with van der Waals surface area (Å²) < 4.78 is 0. The predicted octanol–water partition coefficient (Wildman–Crippen LogP) is 2.26. The van der Waals surface area contributed by atoms with Gasteiger partial charge in [-0.15, -0.1) is 0 Å². The first-order chi connectivity index (χ1) is 7.00. The normalized spacial score (nSPS) is 29.1. The van der Waals surface area contributed by atoms with E-state index < -0.39 is 5.97 Å². The molecule has 0 aromatic carbocycles. The van der Waals surface area contributed by atoms with E-state index in [2.05, 4.69) is 26.1 Å². The molecule has 0 bridgehead atoms. The monoisotopic (exact) mass is 213 g/mol. The summed E-state index contributed by atoms with van der Waals surface area (Å²) >= 11 is 0. The van der Waals surface area contributed by atoms with Crippen LogP contribution in [0.1, 0.15) is 46.5 Å². The molecule has 1 aliphatic rings. The van der Waals surface area contributed by atoms with E-state index in [0.717, 1.165) is 25.7 Å². The zero-order valence-electron chi connectivity index (χ0n) is 9.99. The Hall–Kier alpha value is -0.570. The first-order valence-electron chi connectivity index (χ1n) is 5.99. The molecule has 1 atom stereocenters. The van der Waals surface area contributed by atoms with Crippen LogP contribution in [0.25, 0.3) is 0 Å². The maximum Gasteiger partial charge on any atom is 0.306 e. The molecule has 3 nitrogen and oxygen atoms in total. The topological polar surface area (TPSA) is 49.3 Å². The fourth-order valence-electron chi connectivity index (χ4n) is 2.07. The quantitative estimate of drug-likeness (QED) is 0.753. The minimum absolute atomic E-state index is 0.0996. The molecule has 0 saturated heterocycles. The number of carboxylic acids is 1. The SMILES string of the molecule is CC(C)C(C)NC1CCC(C(=O)O)CC1. The molecule has 1 rings (SSSR count). The molecule has 1 unspecified atom stereocenters. The van der Waals surface area contributed by atoms with E-state index in [9.17, 15) is 4.79 Å². The van der Waals surface area contributed by atoms with Crippen molar-refractivity contribution in [2.24, 2.45) is 11.8 Å². The van der Waals surface area contributed by atoms with Gasteiger partial charge in [0, 0.05) is 12.1 Å². The van der Waals surface area contributed by atoms with Gasteiger partial charge in [0.2, 0.25) is 0 Å². The third-order valence-corrected chi connectivity index (χ3v) is 3.58. The number of hydrogen-bond acceptors (Lipinski definition) is 2. The Kier molecular flexibility index (Phi) is 4.58. The number of nitrogens with one attached hydrogen (secondary N) is 1. The van der Waals surface area contributed by atoms with Crippen molar-refractivity contribution in [2.75, 3.05) is 0 Å². The minimum atomic E-state index is -0.620. The lowest BCUT2D eigenvalue weighted by Gasteiger charge is -2.30. The van der Waals surface area contributed by atoms with Gasteiger partial charge in [0.15, 0.2) is 0 Å². The smallest absolute Gasteiger partial charge is 0.306 e.